The highest BCUT2D eigenvalue weighted by atomic mass is 16.3. The molecule has 0 aromatic heterocycles. The monoisotopic (exact) mass is 207 g/mol. The van der Waals surface area contributed by atoms with E-state index in [1.54, 1.807) is 0 Å². The zero-order valence-electron chi connectivity index (χ0n) is 9.83. The van der Waals surface area contributed by atoms with Gasteiger partial charge >= 0.3 is 0 Å². The molecule has 0 bridgehead atoms. The van der Waals surface area contributed by atoms with Crippen molar-refractivity contribution in [2.75, 3.05) is 11.9 Å². The van der Waals surface area contributed by atoms with Gasteiger partial charge in [0.2, 0.25) is 0 Å². The van der Waals surface area contributed by atoms with Crippen molar-refractivity contribution in [3.63, 3.8) is 0 Å². The van der Waals surface area contributed by atoms with Crippen molar-refractivity contribution in [2.45, 2.75) is 32.8 Å². The van der Waals surface area contributed by atoms with Crippen LogP contribution in [0.1, 0.15) is 27.2 Å². The van der Waals surface area contributed by atoms with Crippen molar-refractivity contribution < 1.29 is 5.11 Å². The van der Waals surface area contributed by atoms with E-state index in [0.717, 1.165) is 18.7 Å². The Bertz CT molecular complexity index is 276. The van der Waals surface area contributed by atoms with E-state index >= 15 is 0 Å². The van der Waals surface area contributed by atoms with E-state index in [2.05, 4.69) is 24.4 Å². The molecule has 0 saturated heterocycles. The first kappa shape index (κ1) is 12.1. The molecule has 1 rings (SSSR count). The molecule has 0 radical (unpaired) electrons. The molecule has 2 N–H and O–H groups in total. The molecule has 1 aromatic carbocycles. The highest BCUT2D eigenvalue weighted by molar-refractivity contribution is 5.42. The average Bonchev–Trinajstić information content (AvgIpc) is 2.18. The van der Waals surface area contributed by atoms with Gasteiger partial charge in [-0.1, -0.05) is 25.1 Å². The average molecular weight is 207 g/mol. The molecule has 1 atom stereocenters. The summed E-state index contributed by atoms with van der Waals surface area (Å²) in [6.45, 7) is 6.70. The Balaban J connectivity index is 2.28. The van der Waals surface area contributed by atoms with Crippen LogP contribution < -0.4 is 5.32 Å². The van der Waals surface area contributed by atoms with Crippen molar-refractivity contribution in [3.05, 3.63) is 30.3 Å². The smallest absolute Gasteiger partial charge is 0.0617 e. The van der Waals surface area contributed by atoms with Crippen LogP contribution in [0.25, 0.3) is 0 Å². The Kier molecular flexibility index (Phi) is 4.15. The molecule has 0 heterocycles. The van der Waals surface area contributed by atoms with Crippen molar-refractivity contribution in [1.29, 1.82) is 0 Å². The molecule has 84 valence electrons. The standard InChI is InChI=1S/C13H21NO/c1-11(13(2,3)15)9-10-14-12-7-5-4-6-8-12/h4-8,11,14-15H,9-10H2,1-3H3. The summed E-state index contributed by atoms with van der Waals surface area (Å²) >= 11 is 0. The first-order chi connectivity index (χ1) is 7.00. The molecule has 1 unspecified atom stereocenters. The fourth-order valence-corrected chi connectivity index (χ4v) is 1.34. The minimum atomic E-state index is -0.585. The molecule has 2 heteroatoms. The van der Waals surface area contributed by atoms with Crippen LogP contribution in [-0.4, -0.2) is 17.3 Å². The van der Waals surface area contributed by atoms with Crippen LogP contribution in [0, 0.1) is 5.92 Å². The Morgan fingerprint density at radius 3 is 2.40 bits per heavy atom. The lowest BCUT2D eigenvalue weighted by Crippen LogP contribution is -2.29. The second-order valence-corrected chi connectivity index (χ2v) is 4.64. The lowest BCUT2D eigenvalue weighted by molar-refractivity contribution is 0.0228. The summed E-state index contributed by atoms with van der Waals surface area (Å²) in [6, 6.07) is 10.1. The third kappa shape index (κ3) is 4.34. The topological polar surface area (TPSA) is 32.3 Å². The molecule has 15 heavy (non-hydrogen) atoms. The molecule has 0 aliphatic carbocycles. The first-order valence-electron chi connectivity index (χ1n) is 5.51. The van der Waals surface area contributed by atoms with E-state index < -0.39 is 5.60 Å². The molecule has 2 nitrogen and oxygen atoms in total. The molecule has 1 aromatic rings. The second-order valence-electron chi connectivity index (χ2n) is 4.64. The van der Waals surface area contributed by atoms with Crippen molar-refractivity contribution in [2.24, 2.45) is 5.92 Å². The molecule has 0 fully saturated rings. The van der Waals surface area contributed by atoms with Crippen LogP contribution in [0.5, 0.6) is 0 Å². The van der Waals surface area contributed by atoms with Gasteiger partial charge in [-0.3, -0.25) is 0 Å². The minimum absolute atomic E-state index is 0.300. The SMILES string of the molecule is CC(CCNc1ccccc1)C(C)(C)O. The second kappa shape index (κ2) is 5.17. The highest BCUT2D eigenvalue weighted by Gasteiger charge is 2.21. The number of anilines is 1. The molecular weight excluding hydrogens is 186 g/mol. The quantitative estimate of drug-likeness (QED) is 0.778. The van der Waals surface area contributed by atoms with E-state index in [0.29, 0.717) is 5.92 Å². The van der Waals surface area contributed by atoms with E-state index in [-0.39, 0.29) is 0 Å². The van der Waals surface area contributed by atoms with Gasteiger partial charge in [0.05, 0.1) is 5.60 Å². The third-order valence-corrected chi connectivity index (χ3v) is 2.89. The van der Waals surface area contributed by atoms with E-state index in [4.69, 9.17) is 0 Å². The maximum absolute atomic E-state index is 9.76. The molecule has 0 aliphatic rings. The maximum Gasteiger partial charge on any atom is 0.0617 e. The lowest BCUT2D eigenvalue weighted by Gasteiger charge is -2.25. The fraction of sp³-hybridized carbons (Fsp3) is 0.538. The van der Waals surface area contributed by atoms with Gasteiger partial charge in [0, 0.05) is 12.2 Å². The highest BCUT2D eigenvalue weighted by Crippen LogP contribution is 2.19. The number of para-hydroxylation sites is 1. The van der Waals surface area contributed by atoms with Gasteiger partial charge in [-0.25, -0.2) is 0 Å². The number of benzene rings is 1. The molecular formula is C13H21NO. The first-order valence-corrected chi connectivity index (χ1v) is 5.51. The fourth-order valence-electron chi connectivity index (χ4n) is 1.34. The number of hydrogen-bond acceptors (Lipinski definition) is 2. The van der Waals surface area contributed by atoms with Crippen molar-refractivity contribution in [1.82, 2.24) is 0 Å². The molecule has 0 spiro atoms. The van der Waals surface area contributed by atoms with Gasteiger partial charge < -0.3 is 10.4 Å². The van der Waals surface area contributed by atoms with Crippen LogP contribution in [0.15, 0.2) is 30.3 Å². The van der Waals surface area contributed by atoms with E-state index in [1.807, 2.05) is 32.0 Å². The summed E-state index contributed by atoms with van der Waals surface area (Å²) in [7, 11) is 0. The van der Waals surface area contributed by atoms with Gasteiger partial charge in [0.25, 0.3) is 0 Å². The van der Waals surface area contributed by atoms with E-state index in [9.17, 15) is 5.11 Å². The number of aliphatic hydroxyl groups is 1. The van der Waals surface area contributed by atoms with Crippen molar-refractivity contribution >= 4 is 5.69 Å². The van der Waals surface area contributed by atoms with Crippen LogP contribution in [-0.2, 0) is 0 Å². The van der Waals surface area contributed by atoms with Crippen LogP contribution >= 0.6 is 0 Å². The van der Waals surface area contributed by atoms with Crippen LogP contribution in [0.2, 0.25) is 0 Å². The molecule has 0 aliphatic heterocycles. The Labute approximate surface area is 92.3 Å². The number of rotatable bonds is 5. The summed E-state index contributed by atoms with van der Waals surface area (Å²) in [5.74, 6) is 0.300. The zero-order chi connectivity index (χ0) is 11.3. The van der Waals surface area contributed by atoms with Crippen LogP contribution in [0.3, 0.4) is 0 Å². The summed E-state index contributed by atoms with van der Waals surface area (Å²) in [5.41, 5.74) is 0.554. The van der Waals surface area contributed by atoms with Gasteiger partial charge in [-0.05, 0) is 38.3 Å². The Morgan fingerprint density at radius 1 is 1.27 bits per heavy atom. The zero-order valence-corrected chi connectivity index (χ0v) is 9.83. The minimum Gasteiger partial charge on any atom is -0.390 e. The lowest BCUT2D eigenvalue weighted by atomic mass is 9.90. The van der Waals surface area contributed by atoms with Gasteiger partial charge in [-0.2, -0.15) is 0 Å². The largest absolute Gasteiger partial charge is 0.390 e. The predicted octanol–water partition coefficient (Wildman–Crippen LogP) is 2.90. The van der Waals surface area contributed by atoms with Gasteiger partial charge in [0.15, 0.2) is 0 Å². The molecule has 0 saturated carbocycles. The van der Waals surface area contributed by atoms with Gasteiger partial charge in [0.1, 0.15) is 0 Å². The Hall–Kier alpha value is -1.02. The summed E-state index contributed by atoms with van der Waals surface area (Å²) in [5, 5.41) is 13.1. The third-order valence-electron chi connectivity index (χ3n) is 2.89. The summed E-state index contributed by atoms with van der Waals surface area (Å²) in [4.78, 5) is 0. The number of hydrogen-bond donors (Lipinski definition) is 2. The normalized spacial score (nSPS) is 13.6. The summed E-state index contributed by atoms with van der Waals surface area (Å²) < 4.78 is 0. The van der Waals surface area contributed by atoms with Crippen molar-refractivity contribution in [3.8, 4) is 0 Å². The number of nitrogens with one attached hydrogen (secondary N) is 1. The summed E-state index contributed by atoms with van der Waals surface area (Å²) in [6.07, 6.45) is 0.971. The molecule has 0 amide bonds. The maximum atomic E-state index is 9.76. The van der Waals surface area contributed by atoms with E-state index in [1.165, 1.54) is 0 Å². The van der Waals surface area contributed by atoms with Gasteiger partial charge in [-0.15, -0.1) is 0 Å². The van der Waals surface area contributed by atoms with Crippen LogP contribution in [0.4, 0.5) is 5.69 Å². The predicted molar refractivity (Wildman–Crippen MR) is 65.0 cm³/mol. The Morgan fingerprint density at radius 2 is 1.87 bits per heavy atom.